The van der Waals surface area contributed by atoms with Gasteiger partial charge < -0.3 is 4.90 Å². The summed E-state index contributed by atoms with van der Waals surface area (Å²) in [6, 6.07) is 0.303. The van der Waals surface area contributed by atoms with Gasteiger partial charge in [-0.15, -0.1) is 0 Å². The van der Waals surface area contributed by atoms with Gasteiger partial charge in [-0.25, -0.2) is 0 Å². The van der Waals surface area contributed by atoms with Crippen LogP contribution in [-0.2, 0) is 0 Å². The molecular formula is C9H21N3. The minimum atomic E-state index is 0.303. The van der Waals surface area contributed by atoms with Gasteiger partial charge in [-0.3, -0.25) is 11.3 Å². The first kappa shape index (κ1) is 11.6. The van der Waals surface area contributed by atoms with Gasteiger partial charge in [0.2, 0.25) is 0 Å². The standard InChI is InChI=1S/C9H21N3/c1-8(2)7-9(11-10)5-6-12(3)4/h7,9,11H,5-6,10H2,1-4H3. The van der Waals surface area contributed by atoms with Crippen molar-refractivity contribution in [3.63, 3.8) is 0 Å². The Kier molecular flexibility index (Phi) is 5.98. The van der Waals surface area contributed by atoms with Gasteiger partial charge >= 0.3 is 0 Å². The first-order valence-corrected chi connectivity index (χ1v) is 4.32. The molecule has 0 aliphatic rings. The van der Waals surface area contributed by atoms with Crippen LogP contribution in [0.15, 0.2) is 11.6 Å². The molecule has 0 saturated carbocycles. The minimum absolute atomic E-state index is 0.303. The molecular weight excluding hydrogens is 150 g/mol. The van der Waals surface area contributed by atoms with E-state index in [2.05, 4.69) is 44.3 Å². The Hall–Kier alpha value is -0.380. The van der Waals surface area contributed by atoms with Crippen LogP contribution in [0.1, 0.15) is 20.3 Å². The fourth-order valence-electron chi connectivity index (χ4n) is 1.01. The van der Waals surface area contributed by atoms with Crippen LogP contribution < -0.4 is 11.3 Å². The van der Waals surface area contributed by atoms with Gasteiger partial charge in [0, 0.05) is 6.04 Å². The monoisotopic (exact) mass is 171 g/mol. The molecule has 3 N–H and O–H groups in total. The number of hydrogen-bond donors (Lipinski definition) is 2. The van der Waals surface area contributed by atoms with Gasteiger partial charge in [0.05, 0.1) is 0 Å². The third kappa shape index (κ3) is 6.34. The van der Waals surface area contributed by atoms with Crippen molar-refractivity contribution < 1.29 is 0 Å². The van der Waals surface area contributed by atoms with Gasteiger partial charge in [-0.2, -0.15) is 0 Å². The summed E-state index contributed by atoms with van der Waals surface area (Å²) in [7, 11) is 4.13. The fraction of sp³-hybridized carbons (Fsp3) is 0.778. The SMILES string of the molecule is CC(C)=CC(CCN(C)C)NN. The van der Waals surface area contributed by atoms with Crippen molar-refractivity contribution in [2.45, 2.75) is 26.3 Å². The van der Waals surface area contributed by atoms with E-state index in [1.54, 1.807) is 0 Å². The molecule has 0 aromatic heterocycles. The van der Waals surface area contributed by atoms with Crippen molar-refractivity contribution in [3.05, 3.63) is 11.6 Å². The van der Waals surface area contributed by atoms with Gasteiger partial charge in [-0.1, -0.05) is 11.6 Å². The molecule has 12 heavy (non-hydrogen) atoms. The van der Waals surface area contributed by atoms with Crippen LogP contribution in [0.4, 0.5) is 0 Å². The quantitative estimate of drug-likeness (QED) is 0.364. The molecule has 0 heterocycles. The van der Waals surface area contributed by atoms with Gasteiger partial charge in [0.25, 0.3) is 0 Å². The maximum atomic E-state index is 5.39. The second-order valence-electron chi connectivity index (χ2n) is 3.61. The lowest BCUT2D eigenvalue weighted by Gasteiger charge is -2.15. The molecule has 0 spiro atoms. The Morgan fingerprint density at radius 2 is 2.08 bits per heavy atom. The maximum Gasteiger partial charge on any atom is 0.0405 e. The van der Waals surface area contributed by atoms with Crippen molar-refractivity contribution in [2.75, 3.05) is 20.6 Å². The molecule has 0 rings (SSSR count). The number of nitrogens with two attached hydrogens (primary N) is 1. The number of hydrazine groups is 1. The number of rotatable bonds is 5. The van der Waals surface area contributed by atoms with Crippen molar-refractivity contribution >= 4 is 0 Å². The molecule has 0 aromatic carbocycles. The van der Waals surface area contributed by atoms with Crippen LogP contribution in [0.3, 0.4) is 0 Å². The molecule has 3 heteroatoms. The van der Waals surface area contributed by atoms with Gasteiger partial charge in [0.1, 0.15) is 0 Å². The molecule has 1 atom stereocenters. The highest BCUT2D eigenvalue weighted by Gasteiger charge is 2.02. The lowest BCUT2D eigenvalue weighted by atomic mass is 10.1. The lowest BCUT2D eigenvalue weighted by Crippen LogP contribution is -2.36. The molecule has 0 aromatic rings. The summed E-state index contributed by atoms with van der Waals surface area (Å²) in [4.78, 5) is 2.16. The van der Waals surface area contributed by atoms with E-state index in [0.29, 0.717) is 6.04 Å². The number of allylic oxidation sites excluding steroid dienone is 1. The summed E-state index contributed by atoms with van der Waals surface area (Å²) in [6.45, 7) is 5.22. The topological polar surface area (TPSA) is 41.3 Å². The van der Waals surface area contributed by atoms with E-state index in [-0.39, 0.29) is 0 Å². The molecule has 0 bridgehead atoms. The van der Waals surface area contributed by atoms with Crippen molar-refractivity contribution in [3.8, 4) is 0 Å². The molecule has 0 fully saturated rings. The van der Waals surface area contributed by atoms with E-state index in [4.69, 9.17) is 5.84 Å². The molecule has 0 aliphatic carbocycles. The third-order valence-electron chi connectivity index (χ3n) is 1.64. The van der Waals surface area contributed by atoms with E-state index >= 15 is 0 Å². The molecule has 72 valence electrons. The maximum absolute atomic E-state index is 5.39. The summed E-state index contributed by atoms with van der Waals surface area (Å²) in [6.07, 6.45) is 3.21. The minimum Gasteiger partial charge on any atom is -0.309 e. The van der Waals surface area contributed by atoms with E-state index < -0.39 is 0 Å². The van der Waals surface area contributed by atoms with Crippen LogP contribution in [0.5, 0.6) is 0 Å². The number of hydrogen-bond acceptors (Lipinski definition) is 3. The third-order valence-corrected chi connectivity index (χ3v) is 1.64. The highest BCUT2D eigenvalue weighted by atomic mass is 15.2. The summed E-state index contributed by atoms with van der Waals surface area (Å²) in [5.74, 6) is 5.39. The highest BCUT2D eigenvalue weighted by Crippen LogP contribution is 1.98. The van der Waals surface area contributed by atoms with Crippen LogP contribution in [0.2, 0.25) is 0 Å². The summed E-state index contributed by atoms with van der Waals surface area (Å²) in [5, 5.41) is 0. The zero-order chi connectivity index (χ0) is 9.56. The summed E-state index contributed by atoms with van der Waals surface area (Å²) >= 11 is 0. The Labute approximate surface area is 75.6 Å². The Bertz CT molecular complexity index is 137. The number of nitrogens with one attached hydrogen (secondary N) is 1. The Morgan fingerprint density at radius 1 is 1.50 bits per heavy atom. The molecule has 0 radical (unpaired) electrons. The predicted molar refractivity (Wildman–Crippen MR) is 53.7 cm³/mol. The Morgan fingerprint density at radius 3 is 2.42 bits per heavy atom. The lowest BCUT2D eigenvalue weighted by molar-refractivity contribution is 0.378. The van der Waals surface area contributed by atoms with Crippen LogP contribution in [0, 0.1) is 0 Å². The van der Waals surface area contributed by atoms with Crippen molar-refractivity contribution in [2.24, 2.45) is 5.84 Å². The predicted octanol–water partition coefficient (Wildman–Crippen LogP) is 0.736. The van der Waals surface area contributed by atoms with Gasteiger partial charge in [-0.05, 0) is 40.9 Å². The van der Waals surface area contributed by atoms with Crippen LogP contribution >= 0.6 is 0 Å². The zero-order valence-corrected chi connectivity index (χ0v) is 8.59. The summed E-state index contributed by atoms with van der Waals surface area (Å²) in [5.41, 5.74) is 4.09. The first-order chi connectivity index (χ1) is 5.56. The highest BCUT2D eigenvalue weighted by molar-refractivity contribution is 5.00. The largest absolute Gasteiger partial charge is 0.309 e. The second-order valence-corrected chi connectivity index (χ2v) is 3.61. The van der Waals surface area contributed by atoms with Crippen LogP contribution in [-0.4, -0.2) is 31.6 Å². The zero-order valence-electron chi connectivity index (χ0n) is 8.59. The molecule has 3 nitrogen and oxygen atoms in total. The van der Waals surface area contributed by atoms with Crippen molar-refractivity contribution in [1.82, 2.24) is 10.3 Å². The molecule has 0 saturated heterocycles. The van der Waals surface area contributed by atoms with E-state index in [9.17, 15) is 0 Å². The average Bonchev–Trinajstić information content (AvgIpc) is 1.97. The normalized spacial score (nSPS) is 13.2. The second kappa shape index (κ2) is 6.17. The van der Waals surface area contributed by atoms with Crippen molar-refractivity contribution in [1.29, 1.82) is 0 Å². The van der Waals surface area contributed by atoms with Crippen LogP contribution in [0.25, 0.3) is 0 Å². The molecule has 1 unspecified atom stereocenters. The van der Waals surface area contributed by atoms with E-state index in [1.165, 1.54) is 5.57 Å². The molecule has 0 amide bonds. The Balaban J connectivity index is 3.76. The smallest absolute Gasteiger partial charge is 0.0405 e. The van der Waals surface area contributed by atoms with E-state index in [0.717, 1.165) is 13.0 Å². The number of nitrogens with zero attached hydrogens (tertiary/aromatic N) is 1. The first-order valence-electron chi connectivity index (χ1n) is 4.32. The van der Waals surface area contributed by atoms with Gasteiger partial charge in [0.15, 0.2) is 0 Å². The summed E-state index contributed by atoms with van der Waals surface area (Å²) < 4.78 is 0. The van der Waals surface area contributed by atoms with E-state index in [1.807, 2.05) is 0 Å². The molecule has 0 aliphatic heterocycles. The average molecular weight is 171 g/mol. The fourth-order valence-corrected chi connectivity index (χ4v) is 1.01.